The number of para-hydroxylation sites is 1. The molecule has 8 atom stereocenters. The fourth-order valence-electron chi connectivity index (χ4n) is 8.42. The van der Waals surface area contributed by atoms with Crippen molar-refractivity contribution in [1.29, 1.82) is 0 Å². The molecule has 0 unspecified atom stereocenters. The Kier molecular flexibility index (Phi) is 14.3. The molecule has 3 aliphatic heterocycles. The molecule has 60 heavy (non-hydrogen) atoms. The van der Waals surface area contributed by atoms with Gasteiger partial charge in [-0.05, 0) is 60.6 Å². The summed E-state index contributed by atoms with van der Waals surface area (Å²) in [5.74, 6) is -5.19. The Bertz CT molecular complexity index is 2020. The molecule has 322 valence electrons. The molecule has 0 bridgehead atoms. The molecule has 4 heterocycles. The minimum atomic E-state index is -1.50. The summed E-state index contributed by atoms with van der Waals surface area (Å²) in [6, 6.07) is 10.5. The highest BCUT2D eigenvalue weighted by Gasteiger charge is 2.44. The molecule has 3 aromatic rings. The first-order chi connectivity index (χ1) is 28.8. The molecule has 16 nitrogen and oxygen atoms in total. The molecule has 2 aromatic carbocycles. The van der Waals surface area contributed by atoms with E-state index in [-0.39, 0.29) is 25.9 Å². The van der Waals surface area contributed by atoms with Crippen LogP contribution in [-0.2, 0) is 46.4 Å². The van der Waals surface area contributed by atoms with Crippen molar-refractivity contribution in [2.75, 3.05) is 19.7 Å². The highest BCUT2D eigenvalue weighted by Crippen LogP contribution is 2.25. The minimum absolute atomic E-state index is 0.0213. The molecular weight excluding hydrogens is 769 g/mol. The lowest BCUT2D eigenvalue weighted by molar-refractivity contribution is -0.145. The van der Waals surface area contributed by atoms with Gasteiger partial charge < -0.3 is 46.5 Å². The first-order valence-electron chi connectivity index (χ1n) is 21.1. The van der Waals surface area contributed by atoms with Crippen molar-refractivity contribution < 1.29 is 38.7 Å². The molecule has 0 saturated carbocycles. The number of aromatic nitrogens is 1. The van der Waals surface area contributed by atoms with Crippen LogP contribution >= 0.6 is 0 Å². The summed E-state index contributed by atoms with van der Waals surface area (Å²) in [5.41, 5.74) is 2.24. The molecule has 7 amide bonds. The lowest BCUT2D eigenvalue weighted by Gasteiger charge is -2.33. The van der Waals surface area contributed by atoms with Crippen LogP contribution in [0.25, 0.3) is 10.9 Å². The lowest BCUT2D eigenvalue weighted by atomic mass is 9.97. The lowest BCUT2D eigenvalue weighted by Crippen LogP contribution is -2.61. The van der Waals surface area contributed by atoms with Gasteiger partial charge in [0, 0.05) is 37.1 Å². The van der Waals surface area contributed by atoms with Crippen LogP contribution in [0.15, 0.2) is 60.7 Å². The van der Waals surface area contributed by atoms with Crippen LogP contribution in [0.5, 0.6) is 0 Å². The average Bonchev–Trinajstić information content (AvgIpc) is 4.03. The number of hydrogen-bond acceptors (Lipinski definition) is 8. The average molecular weight is 827 g/mol. The summed E-state index contributed by atoms with van der Waals surface area (Å²) >= 11 is 0. The number of carbonyl (C=O) groups excluding carboxylic acids is 7. The number of nitrogens with zero attached hydrogens (tertiary/aromatic N) is 2. The van der Waals surface area contributed by atoms with Crippen LogP contribution in [0.3, 0.4) is 0 Å². The number of aliphatic hydroxyl groups excluding tert-OH is 1. The van der Waals surface area contributed by atoms with Crippen molar-refractivity contribution >= 4 is 52.3 Å². The van der Waals surface area contributed by atoms with Gasteiger partial charge in [-0.1, -0.05) is 82.6 Å². The van der Waals surface area contributed by atoms with Crippen LogP contribution in [0, 0.1) is 11.8 Å². The molecule has 3 saturated heterocycles. The summed E-state index contributed by atoms with van der Waals surface area (Å²) in [6.07, 6.45) is 2.20. The number of H-pyrrole nitrogens is 1. The highest BCUT2D eigenvalue weighted by molar-refractivity contribution is 5.99. The van der Waals surface area contributed by atoms with Crippen molar-refractivity contribution in [3.63, 3.8) is 0 Å². The van der Waals surface area contributed by atoms with Crippen molar-refractivity contribution in [2.45, 2.75) is 115 Å². The second kappa shape index (κ2) is 19.5. The maximum absolute atomic E-state index is 14.6. The smallest absolute Gasteiger partial charge is 0.246 e. The molecule has 0 aliphatic carbocycles. The van der Waals surface area contributed by atoms with Gasteiger partial charge in [0.2, 0.25) is 41.4 Å². The third kappa shape index (κ3) is 9.97. The Morgan fingerprint density at radius 3 is 1.83 bits per heavy atom. The highest BCUT2D eigenvalue weighted by atomic mass is 16.3. The standard InChI is InChI=1S/C44H58N8O8/c1-5-26(4)37-42(58)48-33(24-53)39(55)46-31(21-27-13-7-6-8-14-27)38(54)49-36(25(2)3)44(60)52-20-12-17-34(52)40(56)47-32(23-29-22-28-15-9-10-16-30(28)45-29)43(59)51-19-11-18-35(51)41(57)50-37/h6-10,13-16,22,25-26,31-37,45,53H,5,11-12,17-21,23-24H2,1-4H3,(H,46,55)(H,47,56)(H,48,58)(H,49,54)(H,50,57)/t26-,31+,32+,33+,34+,35+,36+,37+/m1/s1. The number of fused-ring (bicyclic) bond motifs is 3. The van der Waals surface area contributed by atoms with E-state index in [9.17, 15) is 38.7 Å². The number of aromatic amines is 1. The molecule has 7 N–H and O–H groups in total. The van der Waals surface area contributed by atoms with E-state index in [1.54, 1.807) is 45.0 Å². The molecule has 16 heteroatoms. The van der Waals surface area contributed by atoms with Gasteiger partial charge >= 0.3 is 0 Å². The van der Waals surface area contributed by atoms with E-state index in [2.05, 4.69) is 31.6 Å². The molecular formula is C44H58N8O8. The van der Waals surface area contributed by atoms with E-state index in [4.69, 9.17) is 0 Å². The summed E-state index contributed by atoms with van der Waals surface area (Å²) < 4.78 is 0. The Hall–Kier alpha value is -5.77. The second-order valence-corrected chi connectivity index (χ2v) is 16.6. The number of nitrogens with one attached hydrogen (secondary N) is 6. The number of carbonyl (C=O) groups is 7. The summed E-state index contributed by atoms with van der Waals surface area (Å²) in [5, 5.41) is 25.2. The van der Waals surface area contributed by atoms with E-state index >= 15 is 0 Å². The zero-order valence-corrected chi connectivity index (χ0v) is 34.7. The van der Waals surface area contributed by atoms with Gasteiger partial charge in [0.15, 0.2) is 0 Å². The van der Waals surface area contributed by atoms with Crippen molar-refractivity contribution in [3.05, 3.63) is 71.9 Å². The third-order valence-corrected chi connectivity index (χ3v) is 12.1. The zero-order valence-electron chi connectivity index (χ0n) is 34.7. The van der Waals surface area contributed by atoms with Gasteiger partial charge in [-0.2, -0.15) is 0 Å². The Morgan fingerprint density at radius 2 is 1.20 bits per heavy atom. The van der Waals surface area contributed by atoms with Gasteiger partial charge in [0.05, 0.1) is 6.61 Å². The van der Waals surface area contributed by atoms with Crippen LogP contribution < -0.4 is 26.6 Å². The van der Waals surface area contributed by atoms with Gasteiger partial charge in [-0.3, -0.25) is 33.6 Å². The van der Waals surface area contributed by atoms with Crippen molar-refractivity contribution in [1.82, 2.24) is 41.4 Å². The van der Waals surface area contributed by atoms with Crippen LogP contribution in [0.4, 0.5) is 0 Å². The fraction of sp³-hybridized carbons (Fsp3) is 0.523. The topological polar surface area (TPSA) is 222 Å². The molecule has 0 spiro atoms. The van der Waals surface area contributed by atoms with E-state index in [1.165, 1.54) is 9.80 Å². The van der Waals surface area contributed by atoms with Gasteiger partial charge in [0.25, 0.3) is 0 Å². The maximum Gasteiger partial charge on any atom is 0.246 e. The number of amides is 7. The molecule has 6 rings (SSSR count). The largest absolute Gasteiger partial charge is 0.394 e. The van der Waals surface area contributed by atoms with Crippen LogP contribution in [0.2, 0.25) is 0 Å². The molecule has 3 fully saturated rings. The first-order valence-corrected chi connectivity index (χ1v) is 21.1. The number of aliphatic hydroxyl groups is 1. The summed E-state index contributed by atoms with van der Waals surface area (Å²) in [7, 11) is 0. The predicted molar refractivity (Wildman–Crippen MR) is 223 cm³/mol. The van der Waals surface area contributed by atoms with Gasteiger partial charge in [0.1, 0.15) is 42.3 Å². The SMILES string of the molecule is CC[C@@H](C)[C@@H]1NC(=O)[C@@H]2CCCN2C(=O)[C@H](Cc2cc3ccccc3[nH]2)NC(=O)[C@@H]2CCCN2C(=O)[C@H](C(C)C)NC(=O)[C@H](Cc2ccccc2)NC(=O)[C@H](CO)NC1=O. The Labute approximate surface area is 350 Å². The normalized spacial score (nSPS) is 27.0. The zero-order chi connectivity index (χ0) is 43.1. The van der Waals surface area contributed by atoms with Gasteiger partial charge in [-0.15, -0.1) is 0 Å². The van der Waals surface area contributed by atoms with E-state index in [1.807, 2.05) is 43.3 Å². The molecule has 3 aliphatic rings. The van der Waals surface area contributed by atoms with E-state index < -0.39 is 102 Å². The maximum atomic E-state index is 14.6. The molecule has 0 radical (unpaired) electrons. The monoisotopic (exact) mass is 826 g/mol. The Morgan fingerprint density at radius 1 is 0.633 bits per heavy atom. The van der Waals surface area contributed by atoms with Crippen molar-refractivity contribution in [2.24, 2.45) is 11.8 Å². The summed E-state index contributed by atoms with van der Waals surface area (Å²) in [6.45, 7) is 6.80. The number of benzene rings is 2. The van der Waals surface area contributed by atoms with E-state index in [0.29, 0.717) is 43.4 Å². The van der Waals surface area contributed by atoms with E-state index in [0.717, 1.165) is 10.9 Å². The summed E-state index contributed by atoms with van der Waals surface area (Å²) in [4.78, 5) is 106. The molecule has 1 aromatic heterocycles. The number of rotatable bonds is 8. The second-order valence-electron chi connectivity index (χ2n) is 16.6. The first kappa shape index (κ1) is 43.8. The van der Waals surface area contributed by atoms with Crippen LogP contribution in [0.1, 0.15) is 71.1 Å². The van der Waals surface area contributed by atoms with Crippen molar-refractivity contribution in [3.8, 4) is 0 Å². The van der Waals surface area contributed by atoms with Crippen LogP contribution in [-0.4, -0.2) is 123 Å². The quantitative estimate of drug-likeness (QED) is 0.174. The van der Waals surface area contributed by atoms with Gasteiger partial charge in [-0.25, -0.2) is 0 Å². The predicted octanol–water partition coefficient (Wildman–Crippen LogP) is 1.07. The third-order valence-electron chi connectivity index (χ3n) is 12.1. The fourth-order valence-corrected chi connectivity index (χ4v) is 8.42. The Balaban J connectivity index is 1.38. The minimum Gasteiger partial charge on any atom is -0.394 e. The number of hydrogen-bond donors (Lipinski definition) is 7.